The summed E-state index contributed by atoms with van der Waals surface area (Å²) in [6.45, 7) is 7.78. The molecule has 0 aromatic carbocycles. The fourth-order valence-corrected chi connectivity index (χ4v) is 2.82. The number of carbonyl (C=O) groups excluding carboxylic acids is 1. The molecule has 1 amide bonds. The van der Waals surface area contributed by atoms with Gasteiger partial charge in [0.25, 0.3) is 0 Å². The maximum absolute atomic E-state index is 11.6. The molecule has 2 rings (SSSR count). The monoisotopic (exact) mass is 291 g/mol. The molecule has 1 unspecified atom stereocenters. The van der Waals surface area contributed by atoms with Crippen LogP contribution in [0, 0.1) is 6.92 Å². The van der Waals surface area contributed by atoms with E-state index in [-0.39, 0.29) is 11.9 Å². The molecule has 6 heteroatoms. The van der Waals surface area contributed by atoms with E-state index < -0.39 is 0 Å². The lowest BCUT2D eigenvalue weighted by atomic mass is 10.2. The molecule has 3 N–H and O–H groups in total. The third-order valence-corrected chi connectivity index (χ3v) is 3.84. The molecule has 1 aromatic heterocycles. The van der Waals surface area contributed by atoms with Crippen molar-refractivity contribution in [2.24, 2.45) is 5.73 Å². The van der Waals surface area contributed by atoms with Crippen molar-refractivity contribution in [3.63, 3.8) is 0 Å². The summed E-state index contributed by atoms with van der Waals surface area (Å²) in [4.78, 5) is 23.0. The molecule has 0 saturated carbocycles. The summed E-state index contributed by atoms with van der Waals surface area (Å²) < 4.78 is 0. The molecule has 1 saturated heterocycles. The number of amides is 1. The molecule has 2 heterocycles. The molecule has 1 aromatic rings. The van der Waals surface area contributed by atoms with Crippen LogP contribution in [0.2, 0.25) is 0 Å². The van der Waals surface area contributed by atoms with Gasteiger partial charge in [-0.1, -0.05) is 6.92 Å². The fourth-order valence-electron chi connectivity index (χ4n) is 2.82. The minimum Gasteiger partial charge on any atom is -0.370 e. The second kappa shape index (κ2) is 6.74. The lowest BCUT2D eigenvalue weighted by Crippen LogP contribution is -2.41. The van der Waals surface area contributed by atoms with Crippen molar-refractivity contribution in [3.8, 4) is 0 Å². The van der Waals surface area contributed by atoms with E-state index >= 15 is 0 Å². The lowest BCUT2D eigenvalue weighted by molar-refractivity contribution is -0.119. The molecule has 6 nitrogen and oxygen atoms in total. The summed E-state index contributed by atoms with van der Waals surface area (Å²) in [6.07, 6.45) is 3.60. The van der Waals surface area contributed by atoms with Crippen molar-refractivity contribution >= 4 is 17.5 Å². The zero-order chi connectivity index (χ0) is 15.4. The molecular formula is C15H25N5O. The lowest BCUT2D eigenvalue weighted by Gasteiger charge is -2.26. The van der Waals surface area contributed by atoms with E-state index in [1.807, 2.05) is 18.7 Å². The topological polar surface area (TPSA) is 84.1 Å². The second-order valence-corrected chi connectivity index (χ2v) is 5.47. The van der Waals surface area contributed by atoms with Gasteiger partial charge in [0, 0.05) is 25.1 Å². The number of nitrogens with two attached hydrogens (primary N) is 1. The van der Waals surface area contributed by atoms with Gasteiger partial charge < -0.3 is 16.0 Å². The van der Waals surface area contributed by atoms with Gasteiger partial charge in [0.05, 0.1) is 0 Å². The quantitative estimate of drug-likeness (QED) is 0.832. The average molecular weight is 291 g/mol. The fraction of sp³-hybridized carbons (Fsp3) is 0.667. The number of aryl methyl sites for hydroxylation is 1. The van der Waals surface area contributed by atoms with Gasteiger partial charge in [0.1, 0.15) is 23.5 Å². The van der Waals surface area contributed by atoms with E-state index in [1.165, 1.54) is 0 Å². The first-order chi connectivity index (χ1) is 10.1. The Morgan fingerprint density at radius 2 is 2.19 bits per heavy atom. The van der Waals surface area contributed by atoms with Gasteiger partial charge in [0.2, 0.25) is 5.91 Å². The van der Waals surface area contributed by atoms with Crippen LogP contribution in [-0.4, -0.2) is 35.0 Å². The molecule has 1 fully saturated rings. The molecule has 1 aliphatic heterocycles. The molecule has 116 valence electrons. The Balaban J connectivity index is 2.43. The summed E-state index contributed by atoms with van der Waals surface area (Å²) in [6, 6.07) is -0.248. The maximum atomic E-state index is 11.6. The van der Waals surface area contributed by atoms with Crippen LogP contribution in [0.4, 0.5) is 11.6 Å². The SMILES string of the molecule is CCCc1nc(NCC)c(C)c(N2CCCC2C(N)=O)n1. The summed E-state index contributed by atoms with van der Waals surface area (Å²) in [7, 11) is 0. The zero-order valence-corrected chi connectivity index (χ0v) is 13.1. The highest BCUT2D eigenvalue weighted by molar-refractivity contribution is 5.84. The number of nitrogens with zero attached hydrogens (tertiary/aromatic N) is 3. The Hall–Kier alpha value is -1.85. The highest BCUT2D eigenvalue weighted by Gasteiger charge is 2.31. The zero-order valence-electron chi connectivity index (χ0n) is 13.1. The number of rotatable bonds is 6. The Labute approximate surface area is 126 Å². The van der Waals surface area contributed by atoms with Crippen molar-refractivity contribution in [1.82, 2.24) is 9.97 Å². The minimum atomic E-state index is -0.271. The smallest absolute Gasteiger partial charge is 0.240 e. The normalized spacial score (nSPS) is 18.0. The number of aromatic nitrogens is 2. The third kappa shape index (κ3) is 3.25. The first-order valence-corrected chi connectivity index (χ1v) is 7.75. The van der Waals surface area contributed by atoms with Crippen LogP contribution in [0.15, 0.2) is 0 Å². The third-order valence-electron chi connectivity index (χ3n) is 3.84. The molecule has 0 aliphatic carbocycles. The number of hydrogen-bond acceptors (Lipinski definition) is 5. The van der Waals surface area contributed by atoms with Crippen LogP contribution in [-0.2, 0) is 11.2 Å². The van der Waals surface area contributed by atoms with Crippen LogP contribution in [0.1, 0.15) is 44.5 Å². The van der Waals surface area contributed by atoms with Gasteiger partial charge in [-0.2, -0.15) is 0 Å². The van der Waals surface area contributed by atoms with E-state index in [0.717, 1.165) is 61.8 Å². The van der Waals surface area contributed by atoms with E-state index in [4.69, 9.17) is 5.73 Å². The Bertz CT molecular complexity index is 517. The Morgan fingerprint density at radius 1 is 1.43 bits per heavy atom. The summed E-state index contributed by atoms with van der Waals surface area (Å²) in [5, 5.41) is 3.29. The maximum Gasteiger partial charge on any atom is 0.240 e. The van der Waals surface area contributed by atoms with Gasteiger partial charge in [-0.15, -0.1) is 0 Å². The number of primary amides is 1. The van der Waals surface area contributed by atoms with Crippen molar-refractivity contribution in [2.75, 3.05) is 23.3 Å². The van der Waals surface area contributed by atoms with Crippen LogP contribution in [0.3, 0.4) is 0 Å². The van der Waals surface area contributed by atoms with Crippen molar-refractivity contribution in [2.45, 2.75) is 52.5 Å². The first-order valence-electron chi connectivity index (χ1n) is 7.75. The predicted molar refractivity (Wildman–Crippen MR) is 84.5 cm³/mol. The molecule has 21 heavy (non-hydrogen) atoms. The number of anilines is 2. The van der Waals surface area contributed by atoms with Gasteiger partial charge in [0.15, 0.2) is 0 Å². The van der Waals surface area contributed by atoms with Crippen molar-refractivity contribution in [1.29, 1.82) is 0 Å². The predicted octanol–water partition coefficient (Wildman–Crippen LogP) is 1.62. The molecule has 1 atom stereocenters. The highest BCUT2D eigenvalue weighted by Crippen LogP contribution is 2.30. The Morgan fingerprint density at radius 3 is 2.81 bits per heavy atom. The molecule has 1 aliphatic rings. The number of carbonyl (C=O) groups is 1. The number of hydrogen-bond donors (Lipinski definition) is 2. The molecular weight excluding hydrogens is 266 g/mol. The Kier molecular flexibility index (Phi) is 4.98. The van der Waals surface area contributed by atoms with Crippen LogP contribution in [0.25, 0.3) is 0 Å². The van der Waals surface area contributed by atoms with Crippen molar-refractivity contribution < 1.29 is 4.79 Å². The van der Waals surface area contributed by atoms with Gasteiger partial charge in [-0.3, -0.25) is 4.79 Å². The van der Waals surface area contributed by atoms with Crippen LogP contribution in [0.5, 0.6) is 0 Å². The molecule has 0 radical (unpaired) electrons. The van der Waals surface area contributed by atoms with E-state index in [2.05, 4.69) is 22.2 Å². The summed E-state index contributed by atoms with van der Waals surface area (Å²) in [5.41, 5.74) is 6.52. The van der Waals surface area contributed by atoms with E-state index in [9.17, 15) is 4.79 Å². The van der Waals surface area contributed by atoms with Crippen molar-refractivity contribution in [3.05, 3.63) is 11.4 Å². The van der Waals surface area contributed by atoms with E-state index in [1.54, 1.807) is 0 Å². The molecule has 0 bridgehead atoms. The highest BCUT2D eigenvalue weighted by atomic mass is 16.1. The first kappa shape index (κ1) is 15.5. The van der Waals surface area contributed by atoms with Crippen LogP contribution >= 0.6 is 0 Å². The second-order valence-electron chi connectivity index (χ2n) is 5.47. The van der Waals surface area contributed by atoms with Gasteiger partial charge in [-0.25, -0.2) is 9.97 Å². The number of nitrogens with one attached hydrogen (secondary N) is 1. The standard InChI is InChI=1S/C15H25N5O/c1-4-7-12-18-14(17-5-2)10(3)15(19-12)20-9-6-8-11(20)13(16)21/h11H,4-9H2,1-3H3,(H2,16,21)(H,17,18,19). The average Bonchev–Trinajstić information content (AvgIpc) is 2.92. The van der Waals surface area contributed by atoms with Gasteiger partial charge >= 0.3 is 0 Å². The minimum absolute atomic E-state index is 0.248. The molecule has 0 spiro atoms. The largest absolute Gasteiger partial charge is 0.370 e. The summed E-state index contributed by atoms with van der Waals surface area (Å²) in [5.74, 6) is 2.27. The summed E-state index contributed by atoms with van der Waals surface area (Å²) >= 11 is 0. The van der Waals surface area contributed by atoms with Crippen LogP contribution < -0.4 is 16.0 Å². The van der Waals surface area contributed by atoms with E-state index in [0.29, 0.717) is 0 Å². The van der Waals surface area contributed by atoms with Gasteiger partial charge in [-0.05, 0) is 33.1 Å².